The first kappa shape index (κ1) is 29.3. The highest BCUT2D eigenvalue weighted by molar-refractivity contribution is 6.11. The van der Waals surface area contributed by atoms with Gasteiger partial charge in [-0.05, 0) is 52.6 Å². The lowest BCUT2D eigenvalue weighted by Crippen LogP contribution is -2.15. The van der Waals surface area contributed by atoms with Gasteiger partial charge in [0.25, 0.3) is 0 Å². The van der Waals surface area contributed by atoms with E-state index in [1.54, 1.807) is 0 Å². The average molecular weight is 640 g/mol. The second kappa shape index (κ2) is 11.1. The average Bonchev–Trinajstić information content (AvgIpc) is 3.61. The first-order valence-electron chi connectivity index (χ1n) is 16.6. The molecule has 9 rings (SSSR count). The van der Waals surface area contributed by atoms with Crippen molar-refractivity contribution in [1.29, 1.82) is 10.5 Å². The van der Waals surface area contributed by atoms with Crippen LogP contribution in [-0.2, 0) is 5.41 Å². The lowest BCUT2D eigenvalue weighted by atomic mass is 9.82. The maximum absolute atomic E-state index is 10.7. The Morgan fingerprint density at radius 2 is 1.20 bits per heavy atom. The Labute approximate surface area is 290 Å². The summed E-state index contributed by atoms with van der Waals surface area (Å²) in [6, 6.07) is 51.9. The summed E-state index contributed by atoms with van der Waals surface area (Å²) in [4.78, 5) is 9.85. The monoisotopic (exact) mass is 639 g/mol. The van der Waals surface area contributed by atoms with E-state index in [2.05, 4.69) is 85.2 Å². The molecule has 234 valence electrons. The van der Waals surface area contributed by atoms with Crippen LogP contribution < -0.4 is 0 Å². The van der Waals surface area contributed by atoms with Gasteiger partial charge in [0.05, 0.1) is 33.7 Å². The quantitative estimate of drug-likeness (QED) is 0.192. The van der Waals surface area contributed by atoms with Crippen molar-refractivity contribution < 1.29 is 0 Å². The zero-order valence-electron chi connectivity index (χ0n) is 27.5. The van der Waals surface area contributed by atoms with Gasteiger partial charge in [0, 0.05) is 32.9 Å². The Morgan fingerprint density at radius 1 is 0.540 bits per heavy atom. The molecule has 0 radical (unpaired) electrons. The van der Waals surface area contributed by atoms with Crippen molar-refractivity contribution in [1.82, 2.24) is 14.5 Å². The van der Waals surface area contributed by atoms with Crippen molar-refractivity contribution >= 4 is 21.8 Å². The molecule has 50 heavy (non-hydrogen) atoms. The second-order valence-electron chi connectivity index (χ2n) is 13.2. The highest BCUT2D eigenvalue weighted by Crippen LogP contribution is 2.51. The smallest absolute Gasteiger partial charge is 0.160 e. The van der Waals surface area contributed by atoms with Crippen LogP contribution in [0.5, 0.6) is 0 Å². The second-order valence-corrected chi connectivity index (χ2v) is 13.2. The van der Waals surface area contributed by atoms with Crippen LogP contribution in [0, 0.1) is 22.7 Å². The fourth-order valence-corrected chi connectivity index (χ4v) is 7.69. The first-order valence-corrected chi connectivity index (χ1v) is 16.6. The van der Waals surface area contributed by atoms with Crippen LogP contribution in [0.25, 0.3) is 72.5 Å². The van der Waals surface area contributed by atoms with Gasteiger partial charge in [-0.1, -0.05) is 123 Å². The summed E-state index contributed by atoms with van der Waals surface area (Å²) in [6.07, 6.45) is 0. The Morgan fingerprint density at radius 3 is 1.94 bits per heavy atom. The Hall–Kier alpha value is -6.82. The molecule has 0 atom stereocenters. The number of para-hydroxylation sites is 1. The third-order valence-corrected chi connectivity index (χ3v) is 10.1. The van der Waals surface area contributed by atoms with Gasteiger partial charge in [0.15, 0.2) is 5.82 Å². The van der Waals surface area contributed by atoms with E-state index in [1.807, 2.05) is 84.9 Å². The SMILES string of the molecule is CC1(C)c2ccccc2-c2cc3c4ccccc4n(-c4ccc(-c5nc(-c6ccccc6)nc(-c6ccccc6)c5C#N)cc4C#N)c3cc21. The van der Waals surface area contributed by atoms with E-state index >= 15 is 0 Å². The molecule has 8 aromatic rings. The normalized spacial score (nSPS) is 12.7. The molecule has 1 aliphatic carbocycles. The maximum Gasteiger partial charge on any atom is 0.160 e. The van der Waals surface area contributed by atoms with Crippen LogP contribution in [0.3, 0.4) is 0 Å². The van der Waals surface area contributed by atoms with Gasteiger partial charge in [-0.15, -0.1) is 0 Å². The molecule has 0 spiro atoms. The number of aromatic nitrogens is 3. The van der Waals surface area contributed by atoms with Gasteiger partial charge >= 0.3 is 0 Å². The molecule has 0 N–H and O–H groups in total. The number of rotatable bonds is 4. The third kappa shape index (κ3) is 4.31. The third-order valence-electron chi connectivity index (χ3n) is 10.1. The summed E-state index contributed by atoms with van der Waals surface area (Å²) < 4.78 is 2.21. The zero-order valence-corrected chi connectivity index (χ0v) is 27.5. The van der Waals surface area contributed by atoms with Crippen molar-refractivity contribution in [3.8, 4) is 62.9 Å². The van der Waals surface area contributed by atoms with Gasteiger partial charge in [0.1, 0.15) is 17.7 Å². The summed E-state index contributed by atoms with van der Waals surface area (Å²) in [6.45, 7) is 4.57. The molecule has 2 heterocycles. The summed E-state index contributed by atoms with van der Waals surface area (Å²) in [5.74, 6) is 0.515. The van der Waals surface area contributed by atoms with Gasteiger partial charge in [-0.25, -0.2) is 9.97 Å². The van der Waals surface area contributed by atoms with Gasteiger partial charge in [-0.2, -0.15) is 10.5 Å². The fraction of sp³-hybridized carbons (Fsp3) is 0.0667. The zero-order chi connectivity index (χ0) is 34.0. The van der Waals surface area contributed by atoms with Crippen molar-refractivity contribution in [2.24, 2.45) is 0 Å². The number of hydrogen-bond donors (Lipinski definition) is 0. The molecular weight excluding hydrogens is 611 g/mol. The summed E-state index contributed by atoms with van der Waals surface area (Å²) in [5, 5.41) is 23.5. The molecular formula is C45H29N5. The summed E-state index contributed by atoms with van der Waals surface area (Å²) >= 11 is 0. The predicted octanol–water partition coefficient (Wildman–Crippen LogP) is 10.6. The minimum Gasteiger partial charge on any atom is -0.308 e. The molecule has 0 bridgehead atoms. The van der Waals surface area contributed by atoms with Gasteiger partial charge in [-0.3, -0.25) is 0 Å². The van der Waals surface area contributed by atoms with Gasteiger partial charge < -0.3 is 4.57 Å². The maximum atomic E-state index is 10.7. The van der Waals surface area contributed by atoms with Crippen molar-refractivity contribution in [3.63, 3.8) is 0 Å². The minimum absolute atomic E-state index is 0.170. The molecule has 0 amide bonds. The number of benzene rings is 6. The molecule has 0 fully saturated rings. The first-order chi connectivity index (χ1) is 24.5. The molecule has 6 aromatic carbocycles. The Bertz CT molecular complexity index is 2740. The molecule has 5 nitrogen and oxygen atoms in total. The lowest BCUT2D eigenvalue weighted by molar-refractivity contribution is 0.661. The van der Waals surface area contributed by atoms with E-state index in [0.717, 1.165) is 38.6 Å². The van der Waals surface area contributed by atoms with Gasteiger partial charge in [0.2, 0.25) is 0 Å². The lowest BCUT2D eigenvalue weighted by Gasteiger charge is -2.21. The molecule has 0 unspecified atom stereocenters. The van der Waals surface area contributed by atoms with Crippen molar-refractivity contribution in [2.45, 2.75) is 19.3 Å². The standard InChI is InChI=1S/C45H29N5/c1-45(2)37-19-11-9-17-32(37)34-24-35-33-18-10-12-20-40(33)50(41(35)25-38(34)45)39-22-21-30(23-31(39)26-46)43-36(27-47)42(28-13-5-3-6-14-28)48-44(49-43)29-15-7-4-8-16-29/h3-25H,1-2H3. The molecule has 0 aliphatic heterocycles. The van der Waals surface area contributed by atoms with E-state index in [4.69, 9.17) is 9.97 Å². The Balaban J connectivity index is 1.28. The molecule has 1 aliphatic rings. The number of nitriles is 2. The summed E-state index contributed by atoms with van der Waals surface area (Å²) in [7, 11) is 0. The minimum atomic E-state index is -0.170. The largest absolute Gasteiger partial charge is 0.308 e. The van der Waals surface area contributed by atoms with E-state index in [1.165, 1.54) is 22.3 Å². The number of fused-ring (bicyclic) bond motifs is 6. The molecule has 5 heteroatoms. The van der Waals surface area contributed by atoms with Crippen LogP contribution in [0.2, 0.25) is 0 Å². The molecule has 0 saturated carbocycles. The van der Waals surface area contributed by atoms with E-state index in [0.29, 0.717) is 33.9 Å². The highest BCUT2D eigenvalue weighted by atomic mass is 15.0. The molecule has 2 aromatic heterocycles. The summed E-state index contributed by atoms with van der Waals surface area (Å²) in [5.41, 5.74) is 12.0. The van der Waals surface area contributed by atoms with E-state index in [9.17, 15) is 10.5 Å². The van der Waals surface area contributed by atoms with E-state index < -0.39 is 0 Å². The number of nitrogens with zero attached hydrogens (tertiary/aromatic N) is 5. The number of hydrogen-bond acceptors (Lipinski definition) is 4. The van der Waals surface area contributed by atoms with Crippen LogP contribution in [0.4, 0.5) is 0 Å². The van der Waals surface area contributed by atoms with Crippen LogP contribution >= 0.6 is 0 Å². The van der Waals surface area contributed by atoms with Crippen LogP contribution in [-0.4, -0.2) is 14.5 Å². The Kier molecular flexibility index (Phi) is 6.53. The van der Waals surface area contributed by atoms with Crippen molar-refractivity contribution in [2.75, 3.05) is 0 Å². The molecule has 0 saturated heterocycles. The van der Waals surface area contributed by atoms with E-state index in [-0.39, 0.29) is 5.41 Å². The predicted molar refractivity (Wildman–Crippen MR) is 200 cm³/mol. The fourth-order valence-electron chi connectivity index (χ4n) is 7.69. The topological polar surface area (TPSA) is 78.3 Å². The highest BCUT2D eigenvalue weighted by Gasteiger charge is 2.36. The van der Waals surface area contributed by atoms with Crippen LogP contribution in [0.15, 0.2) is 140 Å². The van der Waals surface area contributed by atoms with Crippen molar-refractivity contribution in [3.05, 3.63) is 162 Å². The van der Waals surface area contributed by atoms with Crippen LogP contribution in [0.1, 0.15) is 36.1 Å².